The molecule has 0 amide bonds. The normalized spacial score (nSPS) is 11.9. The molecule has 0 aliphatic rings. The number of rotatable bonds is 4. The molecule has 1 aromatic rings. The first-order valence-electron chi connectivity index (χ1n) is 3.97. The second-order valence-corrected chi connectivity index (χ2v) is 4.59. The summed E-state index contributed by atoms with van der Waals surface area (Å²) in [6.07, 6.45) is 0. The maximum atomic E-state index is 5.75. The van der Waals surface area contributed by atoms with Gasteiger partial charge in [0.1, 0.15) is 0 Å². The van der Waals surface area contributed by atoms with Crippen molar-refractivity contribution in [3.05, 3.63) is 22.4 Å². The molecule has 12 heavy (non-hydrogen) atoms. The van der Waals surface area contributed by atoms with E-state index < -0.39 is 0 Å². The molecule has 0 bridgehead atoms. The average Bonchev–Trinajstić information content (AvgIpc) is 2.36. The second kappa shape index (κ2) is 4.03. The van der Waals surface area contributed by atoms with E-state index in [0.29, 0.717) is 13.2 Å². The lowest BCUT2D eigenvalue weighted by Gasteiger charge is -2.17. The van der Waals surface area contributed by atoms with E-state index in [1.807, 2.05) is 25.3 Å². The van der Waals surface area contributed by atoms with Crippen LogP contribution < -0.4 is 5.73 Å². The van der Waals surface area contributed by atoms with Crippen LogP contribution in [0.15, 0.2) is 17.5 Å². The Morgan fingerprint density at radius 2 is 2.33 bits per heavy atom. The van der Waals surface area contributed by atoms with Gasteiger partial charge in [0.2, 0.25) is 0 Å². The summed E-state index contributed by atoms with van der Waals surface area (Å²) in [6, 6.07) is 4.09. The Morgan fingerprint density at radius 3 is 2.83 bits per heavy atom. The van der Waals surface area contributed by atoms with Crippen LogP contribution in [0.4, 0.5) is 0 Å². The molecule has 0 unspecified atom stereocenters. The van der Waals surface area contributed by atoms with E-state index in [9.17, 15) is 0 Å². The molecule has 0 fully saturated rings. The van der Waals surface area contributed by atoms with Crippen molar-refractivity contribution in [2.24, 2.45) is 5.73 Å². The van der Waals surface area contributed by atoms with Gasteiger partial charge in [0.05, 0.1) is 13.2 Å². The molecule has 2 N–H and O–H groups in total. The quantitative estimate of drug-likeness (QED) is 0.778. The number of ether oxygens (including phenoxy) is 1. The summed E-state index contributed by atoms with van der Waals surface area (Å²) in [7, 11) is 0. The van der Waals surface area contributed by atoms with Crippen LogP contribution in [0.1, 0.15) is 18.7 Å². The highest BCUT2D eigenvalue weighted by Crippen LogP contribution is 2.10. The molecular formula is C9H15NOS. The van der Waals surface area contributed by atoms with Crippen LogP contribution >= 0.6 is 11.3 Å². The smallest absolute Gasteiger partial charge is 0.0810 e. The molecule has 0 spiro atoms. The minimum atomic E-state index is -0.225. The summed E-state index contributed by atoms with van der Waals surface area (Å²) in [5, 5.41) is 2.05. The fourth-order valence-corrected chi connectivity index (χ4v) is 1.45. The highest BCUT2D eigenvalue weighted by Gasteiger charge is 2.10. The summed E-state index contributed by atoms with van der Waals surface area (Å²) in [5.41, 5.74) is 5.53. The van der Waals surface area contributed by atoms with Crippen molar-refractivity contribution in [1.82, 2.24) is 0 Å². The monoisotopic (exact) mass is 185 g/mol. The van der Waals surface area contributed by atoms with Crippen molar-refractivity contribution in [2.45, 2.75) is 26.0 Å². The van der Waals surface area contributed by atoms with Crippen molar-refractivity contribution in [2.75, 3.05) is 6.61 Å². The first-order valence-corrected chi connectivity index (χ1v) is 4.85. The molecular weight excluding hydrogens is 170 g/mol. The van der Waals surface area contributed by atoms with Crippen LogP contribution in [0, 0.1) is 0 Å². The zero-order valence-electron chi connectivity index (χ0n) is 7.54. The molecule has 68 valence electrons. The van der Waals surface area contributed by atoms with Gasteiger partial charge in [-0.1, -0.05) is 6.07 Å². The number of thiophene rings is 1. The third kappa shape index (κ3) is 3.85. The largest absolute Gasteiger partial charge is 0.374 e. The highest BCUT2D eigenvalue weighted by molar-refractivity contribution is 7.09. The second-order valence-electron chi connectivity index (χ2n) is 3.56. The van der Waals surface area contributed by atoms with Crippen LogP contribution in [0.2, 0.25) is 0 Å². The van der Waals surface area contributed by atoms with Crippen molar-refractivity contribution in [3.8, 4) is 0 Å². The Morgan fingerprint density at radius 1 is 1.58 bits per heavy atom. The van der Waals surface area contributed by atoms with E-state index in [2.05, 4.69) is 6.07 Å². The maximum absolute atomic E-state index is 5.75. The molecule has 0 aliphatic heterocycles. The van der Waals surface area contributed by atoms with Gasteiger partial charge in [-0.15, -0.1) is 11.3 Å². The highest BCUT2D eigenvalue weighted by atomic mass is 32.1. The van der Waals surface area contributed by atoms with Crippen molar-refractivity contribution in [1.29, 1.82) is 0 Å². The Labute approximate surface area is 77.3 Å². The van der Waals surface area contributed by atoms with Gasteiger partial charge in [-0.05, 0) is 25.3 Å². The fraction of sp³-hybridized carbons (Fsp3) is 0.556. The van der Waals surface area contributed by atoms with Gasteiger partial charge in [-0.3, -0.25) is 0 Å². The number of hydrogen-bond donors (Lipinski definition) is 1. The van der Waals surface area contributed by atoms with Gasteiger partial charge < -0.3 is 10.5 Å². The van der Waals surface area contributed by atoms with Gasteiger partial charge in [-0.25, -0.2) is 0 Å². The Kier molecular flexibility index (Phi) is 3.26. The van der Waals surface area contributed by atoms with E-state index in [1.165, 1.54) is 4.88 Å². The lowest BCUT2D eigenvalue weighted by molar-refractivity contribution is 0.0868. The Hall–Kier alpha value is -0.380. The Balaban J connectivity index is 2.20. The van der Waals surface area contributed by atoms with Gasteiger partial charge >= 0.3 is 0 Å². The molecule has 0 saturated heterocycles. The molecule has 0 aliphatic carbocycles. The van der Waals surface area contributed by atoms with Gasteiger partial charge in [0, 0.05) is 10.4 Å². The maximum Gasteiger partial charge on any atom is 0.0810 e. The summed E-state index contributed by atoms with van der Waals surface area (Å²) in [4.78, 5) is 1.25. The first kappa shape index (κ1) is 9.71. The summed E-state index contributed by atoms with van der Waals surface area (Å²) in [5.74, 6) is 0. The molecule has 2 nitrogen and oxygen atoms in total. The average molecular weight is 185 g/mol. The first-order chi connectivity index (χ1) is 5.58. The number of hydrogen-bond acceptors (Lipinski definition) is 3. The summed E-state index contributed by atoms with van der Waals surface area (Å²) in [6.45, 7) is 5.20. The van der Waals surface area contributed by atoms with Crippen LogP contribution in [-0.2, 0) is 11.3 Å². The van der Waals surface area contributed by atoms with E-state index in [1.54, 1.807) is 11.3 Å². The third-order valence-corrected chi connectivity index (χ3v) is 2.15. The molecule has 0 aromatic carbocycles. The van der Waals surface area contributed by atoms with Gasteiger partial charge in [0.15, 0.2) is 0 Å². The van der Waals surface area contributed by atoms with Crippen LogP contribution in [0.25, 0.3) is 0 Å². The van der Waals surface area contributed by atoms with Crippen LogP contribution in [0.3, 0.4) is 0 Å². The molecule has 1 rings (SSSR count). The predicted octanol–water partition coefficient (Wildman–Crippen LogP) is 2.00. The van der Waals surface area contributed by atoms with E-state index >= 15 is 0 Å². The van der Waals surface area contributed by atoms with Gasteiger partial charge in [-0.2, -0.15) is 0 Å². The predicted molar refractivity (Wildman–Crippen MR) is 52.2 cm³/mol. The zero-order chi connectivity index (χ0) is 9.03. The van der Waals surface area contributed by atoms with Crippen molar-refractivity contribution >= 4 is 11.3 Å². The van der Waals surface area contributed by atoms with Crippen LogP contribution in [0.5, 0.6) is 0 Å². The molecule has 1 heterocycles. The lowest BCUT2D eigenvalue weighted by Crippen LogP contribution is -2.37. The van der Waals surface area contributed by atoms with E-state index in [0.717, 1.165) is 0 Å². The van der Waals surface area contributed by atoms with Gasteiger partial charge in [0.25, 0.3) is 0 Å². The molecule has 0 saturated carbocycles. The minimum Gasteiger partial charge on any atom is -0.374 e. The lowest BCUT2D eigenvalue weighted by atomic mass is 10.1. The van der Waals surface area contributed by atoms with Crippen molar-refractivity contribution < 1.29 is 4.74 Å². The zero-order valence-corrected chi connectivity index (χ0v) is 8.36. The fourth-order valence-electron chi connectivity index (χ4n) is 0.809. The molecule has 0 radical (unpaired) electrons. The SMILES string of the molecule is CC(C)(N)COCc1cccs1. The van der Waals surface area contributed by atoms with E-state index in [4.69, 9.17) is 10.5 Å². The molecule has 1 aromatic heterocycles. The van der Waals surface area contributed by atoms with E-state index in [-0.39, 0.29) is 5.54 Å². The Bertz CT molecular complexity index is 213. The minimum absolute atomic E-state index is 0.225. The summed E-state index contributed by atoms with van der Waals surface area (Å²) < 4.78 is 5.43. The molecule has 3 heteroatoms. The third-order valence-electron chi connectivity index (χ3n) is 1.30. The topological polar surface area (TPSA) is 35.2 Å². The standard InChI is InChI=1S/C9H15NOS/c1-9(2,10)7-11-6-8-4-3-5-12-8/h3-5H,6-7,10H2,1-2H3. The summed E-state index contributed by atoms with van der Waals surface area (Å²) >= 11 is 1.71. The number of nitrogens with two attached hydrogens (primary N) is 1. The molecule has 0 atom stereocenters. The van der Waals surface area contributed by atoms with Crippen LogP contribution in [-0.4, -0.2) is 12.1 Å². The van der Waals surface area contributed by atoms with Crippen molar-refractivity contribution in [3.63, 3.8) is 0 Å².